The first-order valence-corrected chi connectivity index (χ1v) is 11.3. The van der Waals surface area contributed by atoms with Gasteiger partial charge < -0.3 is 15.4 Å². The van der Waals surface area contributed by atoms with E-state index in [2.05, 4.69) is 15.4 Å². The van der Waals surface area contributed by atoms with Crippen LogP contribution in [-0.2, 0) is 19.6 Å². The number of carbonyl (C=O) groups is 2. The third kappa shape index (κ3) is 6.12. The SMILES string of the molecule is O=C(CCNS(=O)(=O)c1ccccc1)Nc1ccccc1C(=O)NCC1CCCO1. The molecule has 1 saturated heterocycles. The van der Waals surface area contributed by atoms with Crippen LogP contribution in [0.4, 0.5) is 5.69 Å². The smallest absolute Gasteiger partial charge is 0.253 e. The molecule has 0 aliphatic carbocycles. The minimum absolute atomic E-state index is 0.0216. The molecule has 2 aromatic rings. The van der Waals surface area contributed by atoms with E-state index in [9.17, 15) is 18.0 Å². The molecule has 1 aliphatic rings. The van der Waals surface area contributed by atoms with Crippen molar-refractivity contribution in [2.45, 2.75) is 30.3 Å². The maximum absolute atomic E-state index is 12.5. The van der Waals surface area contributed by atoms with Gasteiger partial charge in [0.2, 0.25) is 15.9 Å². The number of ether oxygens (including phenoxy) is 1. The second kappa shape index (κ2) is 10.3. The normalized spacial score (nSPS) is 16.2. The minimum Gasteiger partial charge on any atom is -0.376 e. The molecule has 0 aromatic heterocycles. The molecule has 1 unspecified atom stereocenters. The Morgan fingerprint density at radius 3 is 2.50 bits per heavy atom. The summed E-state index contributed by atoms with van der Waals surface area (Å²) in [6.07, 6.45) is 1.85. The second-order valence-corrected chi connectivity index (χ2v) is 8.67. The molecule has 1 aliphatic heterocycles. The molecule has 0 saturated carbocycles. The van der Waals surface area contributed by atoms with Gasteiger partial charge in [-0.25, -0.2) is 13.1 Å². The molecule has 0 bridgehead atoms. The van der Waals surface area contributed by atoms with Gasteiger partial charge in [-0.15, -0.1) is 0 Å². The summed E-state index contributed by atoms with van der Waals surface area (Å²) in [7, 11) is -3.67. The van der Waals surface area contributed by atoms with Crippen LogP contribution in [-0.4, -0.2) is 46.0 Å². The lowest BCUT2D eigenvalue weighted by atomic mass is 10.1. The van der Waals surface area contributed by atoms with Crippen LogP contribution < -0.4 is 15.4 Å². The monoisotopic (exact) mass is 431 g/mol. The van der Waals surface area contributed by atoms with E-state index in [1.807, 2.05) is 0 Å². The molecule has 0 spiro atoms. The van der Waals surface area contributed by atoms with Crippen LogP contribution in [0.2, 0.25) is 0 Å². The van der Waals surface area contributed by atoms with Gasteiger partial charge in [0.15, 0.2) is 0 Å². The highest BCUT2D eigenvalue weighted by Crippen LogP contribution is 2.16. The number of anilines is 1. The van der Waals surface area contributed by atoms with Gasteiger partial charge in [0.25, 0.3) is 5.91 Å². The number of carbonyl (C=O) groups excluding carboxylic acids is 2. The van der Waals surface area contributed by atoms with Crippen molar-refractivity contribution >= 4 is 27.5 Å². The van der Waals surface area contributed by atoms with E-state index in [4.69, 9.17) is 4.74 Å². The van der Waals surface area contributed by atoms with Gasteiger partial charge in [0, 0.05) is 26.1 Å². The zero-order valence-electron chi connectivity index (χ0n) is 16.5. The van der Waals surface area contributed by atoms with Crippen LogP contribution in [0.3, 0.4) is 0 Å². The van der Waals surface area contributed by atoms with E-state index in [-0.39, 0.29) is 29.9 Å². The van der Waals surface area contributed by atoms with Crippen LogP contribution in [0.15, 0.2) is 59.5 Å². The van der Waals surface area contributed by atoms with Gasteiger partial charge in [0.05, 0.1) is 22.3 Å². The topological polar surface area (TPSA) is 114 Å². The molecule has 2 amide bonds. The number of rotatable bonds is 9. The van der Waals surface area contributed by atoms with Crippen LogP contribution >= 0.6 is 0 Å². The lowest BCUT2D eigenvalue weighted by Crippen LogP contribution is -2.32. The Kier molecular flexibility index (Phi) is 7.56. The van der Waals surface area contributed by atoms with Gasteiger partial charge in [-0.2, -0.15) is 0 Å². The summed E-state index contributed by atoms with van der Waals surface area (Å²) >= 11 is 0. The predicted octanol–water partition coefficient (Wildman–Crippen LogP) is 1.90. The molecular formula is C21H25N3O5S. The Balaban J connectivity index is 1.52. The molecular weight excluding hydrogens is 406 g/mol. The Bertz CT molecular complexity index is 973. The largest absolute Gasteiger partial charge is 0.376 e. The summed E-state index contributed by atoms with van der Waals surface area (Å²) in [5.41, 5.74) is 0.715. The molecule has 160 valence electrons. The van der Waals surface area contributed by atoms with E-state index >= 15 is 0 Å². The molecule has 1 heterocycles. The summed E-state index contributed by atoms with van der Waals surface area (Å²) in [4.78, 5) is 24.9. The molecule has 3 N–H and O–H groups in total. The summed E-state index contributed by atoms with van der Waals surface area (Å²) in [5.74, 6) is -0.698. The zero-order chi connectivity index (χ0) is 21.4. The van der Waals surface area contributed by atoms with Crippen LogP contribution in [0.25, 0.3) is 0 Å². The average molecular weight is 432 g/mol. The van der Waals surface area contributed by atoms with Crippen molar-refractivity contribution in [2.75, 3.05) is 25.0 Å². The first kappa shape index (κ1) is 21.9. The fourth-order valence-corrected chi connectivity index (χ4v) is 4.14. The lowest BCUT2D eigenvalue weighted by molar-refractivity contribution is -0.116. The van der Waals surface area contributed by atoms with Gasteiger partial charge in [-0.1, -0.05) is 30.3 Å². The second-order valence-electron chi connectivity index (χ2n) is 6.90. The molecule has 1 atom stereocenters. The van der Waals surface area contributed by atoms with Crippen molar-refractivity contribution in [3.05, 3.63) is 60.2 Å². The fourth-order valence-electron chi connectivity index (χ4n) is 3.09. The molecule has 0 radical (unpaired) electrons. The maximum atomic E-state index is 12.5. The summed E-state index contributed by atoms with van der Waals surface area (Å²) in [6.45, 7) is 1.07. The summed E-state index contributed by atoms with van der Waals surface area (Å²) in [5, 5.41) is 5.51. The summed E-state index contributed by atoms with van der Waals surface area (Å²) in [6, 6.07) is 14.6. The van der Waals surface area contributed by atoms with Crippen LogP contribution in [0, 0.1) is 0 Å². The Morgan fingerprint density at radius 1 is 1.03 bits per heavy atom. The number of nitrogens with one attached hydrogen (secondary N) is 3. The fraction of sp³-hybridized carbons (Fsp3) is 0.333. The number of benzene rings is 2. The first-order valence-electron chi connectivity index (χ1n) is 9.79. The van der Waals surface area contributed by atoms with Gasteiger partial charge >= 0.3 is 0 Å². The van der Waals surface area contributed by atoms with Crippen molar-refractivity contribution < 1.29 is 22.7 Å². The van der Waals surface area contributed by atoms with Gasteiger partial charge in [0.1, 0.15) is 0 Å². The van der Waals surface area contributed by atoms with Gasteiger partial charge in [-0.05, 0) is 37.1 Å². The molecule has 8 nitrogen and oxygen atoms in total. The molecule has 2 aromatic carbocycles. The van der Waals surface area contributed by atoms with E-state index < -0.39 is 15.9 Å². The van der Waals surface area contributed by atoms with E-state index in [0.717, 1.165) is 12.8 Å². The van der Waals surface area contributed by atoms with Crippen molar-refractivity contribution in [3.8, 4) is 0 Å². The zero-order valence-corrected chi connectivity index (χ0v) is 17.3. The highest BCUT2D eigenvalue weighted by atomic mass is 32.2. The minimum atomic E-state index is -3.67. The standard InChI is InChI=1S/C21H25N3O5S/c25-20(12-13-23-30(27,28)17-8-2-1-3-9-17)24-19-11-5-4-10-18(19)21(26)22-15-16-7-6-14-29-16/h1-5,8-11,16,23H,6-7,12-15H2,(H,22,26)(H,24,25). The van der Waals surface area contributed by atoms with E-state index in [0.29, 0.717) is 24.4 Å². The molecule has 1 fully saturated rings. The maximum Gasteiger partial charge on any atom is 0.253 e. The Hall–Kier alpha value is -2.75. The highest BCUT2D eigenvalue weighted by molar-refractivity contribution is 7.89. The molecule has 3 rings (SSSR count). The van der Waals surface area contributed by atoms with Crippen LogP contribution in [0.1, 0.15) is 29.6 Å². The molecule has 30 heavy (non-hydrogen) atoms. The van der Waals surface area contributed by atoms with Crippen molar-refractivity contribution in [1.29, 1.82) is 0 Å². The highest BCUT2D eigenvalue weighted by Gasteiger charge is 2.19. The first-order chi connectivity index (χ1) is 14.5. The number of sulfonamides is 1. The van der Waals surface area contributed by atoms with Crippen LogP contribution in [0.5, 0.6) is 0 Å². The average Bonchev–Trinajstić information content (AvgIpc) is 3.26. The van der Waals surface area contributed by atoms with E-state index in [1.165, 1.54) is 12.1 Å². The summed E-state index contributed by atoms with van der Waals surface area (Å²) < 4.78 is 32.3. The number of para-hydroxylation sites is 1. The number of hydrogen-bond donors (Lipinski definition) is 3. The third-order valence-corrected chi connectivity index (χ3v) is 6.13. The molecule has 9 heteroatoms. The third-order valence-electron chi connectivity index (χ3n) is 4.66. The quantitative estimate of drug-likeness (QED) is 0.561. The van der Waals surface area contributed by atoms with E-state index in [1.54, 1.807) is 42.5 Å². The van der Waals surface area contributed by atoms with Crippen molar-refractivity contribution in [3.63, 3.8) is 0 Å². The number of amides is 2. The lowest BCUT2D eigenvalue weighted by Gasteiger charge is -2.14. The van der Waals surface area contributed by atoms with Crippen molar-refractivity contribution in [2.24, 2.45) is 0 Å². The number of hydrogen-bond acceptors (Lipinski definition) is 5. The van der Waals surface area contributed by atoms with Crippen molar-refractivity contribution in [1.82, 2.24) is 10.0 Å². The Morgan fingerprint density at radius 2 is 1.77 bits per heavy atom. The Labute approximate surface area is 176 Å². The van der Waals surface area contributed by atoms with Gasteiger partial charge in [-0.3, -0.25) is 9.59 Å². The predicted molar refractivity (Wildman–Crippen MR) is 113 cm³/mol.